The molecule has 1 aromatic rings. The number of ether oxygens (including phenoxy) is 2. The molecule has 1 rings (SSSR count). The first-order chi connectivity index (χ1) is 11.2. The molecule has 0 bridgehead atoms. The van der Waals surface area contributed by atoms with Crippen LogP contribution in [0.25, 0.3) is 0 Å². The van der Waals surface area contributed by atoms with Crippen LogP contribution in [0, 0.1) is 6.92 Å². The molecule has 7 heteroatoms. The fourth-order valence-corrected chi connectivity index (χ4v) is 3.17. The van der Waals surface area contributed by atoms with Crippen LogP contribution in [0.15, 0.2) is 17.1 Å². The van der Waals surface area contributed by atoms with Gasteiger partial charge in [-0.1, -0.05) is 0 Å². The summed E-state index contributed by atoms with van der Waals surface area (Å²) in [5, 5.41) is 6.80. The molecule has 1 aromatic heterocycles. The molecule has 24 heavy (non-hydrogen) atoms. The third kappa shape index (κ3) is 11.2. The lowest BCUT2D eigenvalue weighted by atomic mass is 10.2. The molecule has 2 N–H and O–H groups in total. The zero-order valence-electron chi connectivity index (χ0n) is 15.3. The van der Waals surface area contributed by atoms with Crippen molar-refractivity contribution in [2.45, 2.75) is 39.2 Å². The minimum Gasteiger partial charge on any atom is -0.382 e. The first kappa shape index (κ1) is 23.6. The highest BCUT2D eigenvalue weighted by molar-refractivity contribution is 14.0. The highest BCUT2D eigenvalue weighted by Gasteiger charge is 2.07. The van der Waals surface area contributed by atoms with Crippen LogP contribution in [0.4, 0.5) is 0 Å². The Morgan fingerprint density at radius 1 is 1.25 bits per heavy atom. The van der Waals surface area contributed by atoms with Crippen molar-refractivity contribution in [3.8, 4) is 0 Å². The van der Waals surface area contributed by atoms with Crippen LogP contribution in [0.3, 0.4) is 0 Å². The van der Waals surface area contributed by atoms with E-state index in [2.05, 4.69) is 41.6 Å². The maximum absolute atomic E-state index is 5.44. The van der Waals surface area contributed by atoms with Gasteiger partial charge < -0.3 is 20.1 Å². The van der Waals surface area contributed by atoms with Gasteiger partial charge in [0.2, 0.25) is 0 Å². The summed E-state index contributed by atoms with van der Waals surface area (Å²) >= 11 is 1.86. The summed E-state index contributed by atoms with van der Waals surface area (Å²) in [5.74, 6) is 0.867. The molecule has 0 saturated heterocycles. The van der Waals surface area contributed by atoms with E-state index in [1.165, 1.54) is 9.75 Å². The molecule has 0 aliphatic heterocycles. The van der Waals surface area contributed by atoms with E-state index in [-0.39, 0.29) is 24.0 Å². The number of methoxy groups -OCH3 is 1. The number of rotatable bonds is 11. The minimum absolute atomic E-state index is 0. The quantitative estimate of drug-likeness (QED) is 0.226. The van der Waals surface area contributed by atoms with Crippen molar-refractivity contribution in [1.29, 1.82) is 0 Å². The molecule has 1 heterocycles. The van der Waals surface area contributed by atoms with Gasteiger partial charge in [-0.25, -0.2) is 0 Å². The lowest BCUT2D eigenvalue weighted by Gasteiger charge is -2.17. The van der Waals surface area contributed by atoms with Gasteiger partial charge in [-0.3, -0.25) is 4.99 Å². The second-order valence-corrected chi connectivity index (χ2v) is 6.95. The Bertz CT molecular complexity index is 455. The van der Waals surface area contributed by atoms with Gasteiger partial charge in [0, 0.05) is 49.5 Å². The molecule has 5 nitrogen and oxygen atoms in total. The summed E-state index contributed by atoms with van der Waals surface area (Å²) in [5.41, 5.74) is 0. The van der Waals surface area contributed by atoms with Gasteiger partial charge in [0.1, 0.15) is 0 Å². The predicted octanol–water partition coefficient (Wildman–Crippen LogP) is 3.21. The average Bonchev–Trinajstić information content (AvgIpc) is 2.93. The van der Waals surface area contributed by atoms with Crippen LogP contribution in [0.5, 0.6) is 0 Å². The summed E-state index contributed by atoms with van der Waals surface area (Å²) < 4.78 is 10.4. The van der Waals surface area contributed by atoms with Crippen LogP contribution in [-0.2, 0) is 15.9 Å². The number of aryl methyl sites for hydroxylation is 1. The molecule has 0 amide bonds. The monoisotopic (exact) mass is 469 g/mol. The fraction of sp³-hybridized carbons (Fsp3) is 0.706. The number of halogens is 1. The highest BCUT2D eigenvalue weighted by Crippen LogP contribution is 2.16. The van der Waals surface area contributed by atoms with Gasteiger partial charge in [-0.05, 0) is 38.8 Å². The number of nitrogens with one attached hydrogen (secondary N) is 2. The SMILES string of the molecule is CN=C(NCCCCOCCOC)NC(C)Cc1ccc(C)s1.I. The Morgan fingerprint density at radius 3 is 2.67 bits per heavy atom. The van der Waals surface area contributed by atoms with E-state index in [9.17, 15) is 0 Å². The number of hydrogen-bond acceptors (Lipinski definition) is 4. The largest absolute Gasteiger partial charge is 0.382 e. The number of aliphatic imine (C=N–C) groups is 1. The minimum atomic E-state index is 0. The maximum Gasteiger partial charge on any atom is 0.191 e. The molecule has 0 spiro atoms. The van der Waals surface area contributed by atoms with Crippen molar-refractivity contribution in [2.75, 3.05) is 40.5 Å². The first-order valence-electron chi connectivity index (χ1n) is 8.25. The molecule has 0 saturated carbocycles. The maximum atomic E-state index is 5.44. The second kappa shape index (κ2) is 14.9. The third-order valence-corrected chi connectivity index (χ3v) is 4.37. The van der Waals surface area contributed by atoms with E-state index >= 15 is 0 Å². The first-order valence-corrected chi connectivity index (χ1v) is 9.06. The molecular formula is C17H32IN3O2S. The van der Waals surface area contributed by atoms with Gasteiger partial charge >= 0.3 is 0 Å². The normalized spacial score (nSPS) is 12.6. The van der Waals surface area contributed by atoms with Gasteiger partial charge in [0.15, 0.2) is 5.96 Å². The fourth-order valence-electron chi connectivity index (χ4n) is 2.16. The summed E-state index contributed by atoms with van der Waals surface area (Å²) in [6.07, 6.45) is 3.12. The van der Waals surface area contributed by atoms with Gasteiger partial charge in [-0.2, -0.15) is 0 Å². The van der Waals surface area contributed by atoms with E-state index in [0.29, 0.717) is 19.3 Å². The standard InChI is InChI=1S/C17H31N3O2S.HI/c1-14(13-16-8-7-15(2)23-16)20-17(18-3)19-9-5-6-10-22-12-11-21-4;/h7-8,14H,5-6,9-13H2,1-4H3,(H2,18,19,20);1H. The number of nitrogens with zero attached hydrogens (tertiary/aromatic N) is 1. The molecule has 0 aliphatic rings. The van der Waals surface area contributed by atoms with Gasteiger partial charge in [-0.15, -0.1) is 35.3 Å². The van der Waals surface area contributed by atoms with E-state index in [1.807, 2.05) is 18.4 Å². The summed E-state index contributed by atoms with van der Waals surface area (Å²) in [6.45, 7) is 7.35. The molecule has 0 radical (unpaired) electrons. The van der Waals surface area contributed by atoms with Crippen LogP contribution in [0.1, 0.15) is 29.5 Å². The van der Waals surface area contributed by atoms with Gasteiger partial charge in [0.05, 0.1) is 13.2 Å². The Hall–Kier alpha value is -0.380. The molecular weight excluding hydrogens is 437 g/mol. The van der Waals surface area contributed by atoms with Crippen molar-refractivity contribution in [1.82, 2.24) is 10.6 Å². The third-order valence-electron chi connectivity index (χ3n) is 3.35. The zero-order valence-corrected chi connectivity index (χ0v) is 18.4. The van der Waals surface area contributed by atoms with Gasteiger partial charge in [0.25, 0.3) is 0 Å². The number of thiophene rings is 1. The van der Waals surface area contributed by atoms with E-state index in [1.54, 1.807) is 7.11 Å². The Morgan fingerprint density at radius 2 is 2.04 bits per heavy atom. The Kier molecular flexibility index (Phi) is 14.7. The average molecular weight is 469 g/mol. The topological polar surface area (TPSA) is 54.9 Å². The number of hydrogen-bond donors (Lipinski definition) is 2. The molecule has 0 fully saturated rings. The van der Waals surface area contributed by atoms with Crippen LogP contribution >= 0.6 is 35.3 Å². The molecule has 0 aromatic carbocycles. The number of guanidine groups is 1. The van der Waals surface area contributed by atoms with Crippen LogP contribution < -0.4 is 10.6 Å². The van der Waals surface area contributed by atoms with Crippen molar-refractivity contribution in [3.05, 3.63) is 21.9 Å². The van der Waals surface area contributed by atoms with Crippen molar-refractivity contribution in [2.24, 2.45) is 4.99 Å². The van der Waals surface area contributed by atoms with E-state index in [4.69, 9.17) is 9.47 Å². The van der Waals surface area contributed by atoms with E-state index < -0.39 is 0 Å². The second-order valence-electron chi connectivity index (χ2n) is 5.57. The summed E-state index contributed by atoms with van der Waals surface area (Å²) in [4.78, 5) is 7.06. The molecule has 0 aliphatic carbocycles. The lowest BCUT2D eigenvalue weighted by molar-refractivity contribution is 0.0689. The van der Waals surface area contributed by atoms with E-state index in [0.717, 1.165) is 38.4 Å². The van der Waals surface area contributed by atoms with Crippen LogP contribution in [-0.4, -0.2) is 52.5 Å². The smallest absolute Gasteiger partial charge is 0.191 e. The number of unbranched alkanes of at least 4 members (excludes halogenated alkanes) is 1. The zero-order chi connectivity index (χ0) is 16.9. The van der Waals surface area contributed by atoms with Crippen LogP contribution in [0.2, 0.25) is 0 Å². The molecule has 1 atom stereocenters. The summed E-state index contributed by atoms with van der Waals surface area (Å²) in [7, 11) is 3.50. The van der Waals surface area contributed by atoms with Crippen molar-refractivity contribution in [3.63, 3.8) is 0 Å². The lowest BCUT2D eigenvalue weighted by Crippen LogP contribution is -2.43. The van der Waals surface area contributed by atoms with Crippen molar-refractivity contribution < 1.29 is 9.47 Å². The predicted molar refractivity (Wildman–Crippen MR) is 114 cm³/mol. The highest BCUT2D eigenvalue weighted by atomic mass is 127. The Labute approximate surface area is 167 Å². The molecule has 1 unspecified atom stereocenters. The molecule has 140 valence electrons. The summed E-state index contributed by atoms with van der Waals surface area (Å²) in [6, 6.07) is 4.74. The Balaban J connectivity index is 0.00000529. The van der Waals surface area contributed by atoms with Crippen molar-refractivity contribution >= 4 is 41.3 Å².